The second-order valence-electron chi connectivity index (χ2n) is 11.1. The Labute approximate surface area is 243 Å². The normalized spacial score (nSPS) is 11.4. The van der Waals surface area contributed by atoms with Crippen molar-refractivity contribution in [2.24, 2.45) is 7.05 Å². The molecule has 0 fully saturated rings. The van der Waals surface area contributed by atoms with Crippen molar-refractivity contribution < 1.29 is 8.78 Å². The number of fused-ring (bicyclic) bond motifs is 3. The zero-order valence-corrected chi connectivity index (χ0v) is 25.7. The largest absolute Gasteiger partial charge is 0.375 e. The minimum absolute atomic E-state index is 0.142. The van der Waals surface area contributed by atoms with E-state index in [-0.39, 0.29) is 17.6 Å². The molecule has 9 heteroatoms. The lowest BCUT2D eigenvalue weighted by Crippen LogP contribution is -1.99. The van der Waals surface area contributed by atoms with Gasteiger partial charge in [0.25, 0.3) is 0 Å². The maximum atomic E-state index is 13.6. The predicted octanol–water partition coefficient (Wildman–Crippen LogP) is 8.97. The molecule has 0 bridgehead atoms. The number of aryl methyl sites for hydroxylation is 2. The van der Waals surface area contributed by atoms with E-state index in [0.717, 1.165) is 22.0 Å². The maximum absolute atomic E-state index is 13.6. The van der Waals surface area contributed by atoms with Crippen LogP contribution in [0.2, 0.25) is 0 Å². The maximum Gasteiger partial charge on any atom is 0.181 e. The van der Waals surface area contributed by atoms with Gasteiger partial charge in [-0.15, -0.1) is 0 Å². The highest BCUT2D eigenvalue weighted by Gasteiger charge is 2.15. The minimum atomic E-state index is -0.237. The first-order valence-electron chi connectivity index (χ1n) is 13.8. The first kappa shape index (κ1) is 30.1. The van der Waals surface area contributed by atoms with E-state index in [0.29, 0.717) is 27.2 Å². The summed E-state index contributed by atoms with van der Waals surface area (Å²) >= 11 is 1.20. The van der Waals surface area contributed by atoms with Crippen molar-refractivity contribution in [1.82, 2.24) is 25.0 Å². The lowest BCUT2D eigenvalue weighted by molar-refractivity contribution is 0.599. The number of H-pyrrole nitrogens is 1. The van der Waals surface area contributed by atoms with Gasteiger partial charge in [-0.1, -0.05) is 71.1 Å². The van der Waals surface area contributed by atoms with E-state index < -0.39 is 0 Å². The molecule has 3 N–H and O–H groups in total. The van der Waals surface area contributed by atoms with Gasteiger partial charge in [0.2, 0.25) is 0 Å². The highest BCUT2D eigenvalue weighted by Crippen LogP contribution is 2.32. The molecule has 6 aromatic rings. The number of hydrogen-bond acceptors (Lipinski definition) is 5. The zero-order chi connectivity index (χ0) is 30.0. The second kappa shape index (κ2) is 12.3. The lowest BCUT2D eigenvalue weighted by Gasteiger charge is -2.10. The fourth-order valence-corrected chi connectivity index (χ4v) is 5.95. The number of nitrogens with zero attached hydrogens (tertiary/aromatic N) is 4. The van der Waals surface area contributed by atoms with Gasteiger partial charge in [0.1, 0.15) is 11.6 Å². The van der Waals surface area contributed by atoms with Gasteiger partial charge in [0.05, 0.1) is 33.6 Å². The van der Waals surface area contributed by atoms with Crippen molar-refractivity contribution in [3.05, 3.63) is 82.7 Å². The molecular weight excluding hydrogens is 538 g/mol. The molecule has 0 saturated heterocycles. The molecule has 6 nitrogen and oxygen atoms in total. The van der Waals surface area contributed by atoms with Crippen LogP contribution in [0.15, 0.2) is 48.8 Å². The van der Waals surface area contributed by atoms with Gasteiger partial charge in [-0.3, -0.25) is 9.78 Å². The van der Waals surface area contributed by atoms with Crippen LogP contribution in [0.4, 0.5) is 13.9 Å². The van der Waals surface area contributed by atoms with Gasteiger partial charge < -0.3 is 5.73 Å². The molecule has 3 heterocycles. The second-order valence-corrected chi connectivity index (χ2v) is 12.2. The molecule has 0 aliphatic carbocycles. The first-order valence-corrected chi connectivity index (χ1v) is 14.6. The van der Waals surface area contributed by atoms with Crippen molar-refractivity contribution in [1.29, 1.82) is 0 Å². The van der Waals surface area contributed by atoms with E-state index >= 15 is 0 Å². The molecule has 3 aromatic heterocycles. The number of nitrogen functional groups attached to an aromatic ring is 1. The fourth-order valence-electron chi connectivity index (χ4n) is 5.18. The number of aromatic nitrogens is 5. The van der Waals surface area contributed by atoms with Crippen LogP contribution in [0.1, 0.15) is 81.5 Å². The van der Waals surface area contributed by atoms with Crippen molar-refractivity contribution in [2.45, 2.75) is 66.2 Å². The number of benzene rings is 3. The molecule has 0 atom stereocenters. The van der Waals surface area contributed by atoms with Crippen molar-refractivity contribution in [3.63, 3.8) is 0 Å². The predicted molar refractivity (Wildman–Crippen MR) is 168 cm³/mol. The highest BCUT2D eigenvalue weighted by molar-refractivity contribution is 7.22. The van der Waals surface area contributed by atoms with Crippen LogP contribution in [0.5, 0.6) is 0 Å². The molecule has 0 aliphatic rings. The number of anilines is 1. The van der Waals surface area contributed by atoms with E-state index in [1.807, 2.05) is 27.1 Å². The summed E-state index contributed by atoms with van der Waals surface area (Å²) in [4.78, 5) is 4.15. The van der Waals surface area contributed by atoms with E-state index in [2.05, 4.69) is 67.0 Å². The summed E-state index contributed by atoms with van der Waals surface area (Å²) in [6, 6.07) is 10.8. The molecule has 0 spiro atoms. The average molecular weight is 577 g/mol. The Morgan fingerprint density at radius 1 is 0.829 bits per heavy atom. The number of nitrogens with two attached hydrogens (primary N) is 1. The summed E-state index contributed by atoms with van der Waals surface area (Å²) < 4.78 is 29.2. The van der Waals surface area contributed by atoms with Crippen LogP contribution in [0.25, 0.3) is 32.0 Å². The fraction of sp³-hybridized carbons (Fsp3) is 0.344. The van der Waals surface area contributed by atoms with Gasteiger partial charge in [0.15, 0.2) is 5.13 Å². The van der Waals surface area contributed by atoms with E-state index in [1.54, 1.807) is 23.0 Å². The number of aromatic amines is 1. The number of halogens is 2. The third kappa shape index (κ3) is 6.25. The van der Waals surface area contributed by atoms with Crippen LogP contribution in [0.3, 0.4) is 0 Å². The Bertz CT molecular complexity index is 1800. The molecule has 3 aromatic carbocycles. The number of hydrogen-bond donors (Lipinski definition) is 2. The summed E-state index contributed by atoms with van der Waals surface area (Å²) in [5.74, 6) is 0.674. The molecule has 0 unspecified atom stereocenters. The van der Waals surface area contributed by atoms with Crippen LogP contribution in [-0.4, -0.2) is 25.0 Å². The third-order valence-corrected chi connectivity index (χ3v) is 7.98. The molecule has 6 rings (SSSR count). The quantitative estimate of drug-likeness (QED) is 0.220. The van der Waals surface area contributed by atoms with Crippen molar-refractivity contribution in [2.75, 3.05) is 5.73 Å². The zero-order valence-electron chi connectivity index (χ0n) is 24.9. The monoisotopic (exact) mass is 576 g/mol. The van der Waals surface area contributed by atoms with E-state index in [4.69, 9.17) is 5.73 Å². The summed E-state index contributed by atoms with van der Waals surface area (Å²) in [6.07, 6.45) is 3.64. The standard InChI is InChI=1S/C11H13FN2.C11H14N2.C10H11FN2S/c1-7(2)10-9(12)5-4-8-6-13-14(3)11(8)10;1-7(2)10-8(3)4-5-9-6-12-13-11(9)10;1-5(2)6-3-4-7(11)9-8(6)13-10(12)14-9/h4-7H,1-3H3;4-7H,1-3H3,(H,12,13);3-5H,1-2H3,(H2,12,13). The van der Waals surface area contributed by atoms with Gasteiger partial charge in [-0.05, 0) is 59.6 Å². The van der Waals surface area contributed by atoms with Crippen LogP contribution < -0.4 is 5.73 Å². The minimum Gasteiger partial charge on any atom is -0.375 e. The van der Waals surface area contributed by atoms with Gasteiger partial charge in [0, 0.05) is 23.4 Å². The number of thiazole rings is 1. The topological polar surface area (TPSA) is 85.4 Å². The van der Waals surface area contributed by atoms with Crippen molar-refractivity contribution in [3.8, 4) is 0 Å². The summed E-state index contributed by atoms with van der Waals surface area (Å²) in [5.41, 5.74) is 12.9. The Balaban J connectivity index is 0.000000142. The van der Waals surface area contributed by atoms with Crippen molar-refractivity contribution >= 4 is 48.5 Å². The van der Waals surface area contributed by atoms with Gasteiger partial charge >= 0.3 is 0 Å². The Morgan fingerprint density at radius 3 is 2.15 bits per heavy atom. The number of nitrogens with one attached hydrogen (secondary N) is 1. The highest BCUT2D eigenvalue weighted by atomic mass is 32.1. The summed E-state index contributed by atoms with van der Waals surface area (Å²) in [6.45, 7) is 14.7. The molecule has 0 saturated carbocycles. The Morgan fingerprint density at radius 2 is 1.49 bits per heavy atom. The summed E-state index contributed by atoms with van der Waals surface area (Å²) in [5, 5.41) is 13.9. The van der Waals surface area contributed by atoms with E-state index in [1.165, 1.54) is 45.5 Å². The molecule has 0 aliphatic heterocycles. The smallest absolute Gasteiger partial charge is 0.181 e. The first-order chi connectivity index (χ1) is 19.4. The summed E-state index contributed by atoms with van der Waals surface area (Å²) in [7, 11) is 1.84. The molecular formula is C32H38F2N6S. The van der Waals surface area contributed by atoms with E-state index in [9.17, 15) is 8.78 Å². The van der Waals surface area contributed by atoms with Crippen LogP contribution in [-0.2, 0) is 7.05 Å². The lowest BCUT2D eigenvalue weighted by atomic mass is 9.96. The third-order valence-electron chi connectivity index (χ3n) is 7.08. The average Bonchev–Trinajstić information content (AvgIpc) is 3.63. The van der Waals surface area contributed by atoms with Gasteiger partial charge in [-0.2, -0.15) is 10.2 Å². The Hall–Kier alpha value is -3.85. The van der Waals surface area contributed by atoms with Gasteiger partial charge in [-0.25, -0.2) is 13.8 Å². The number of rotatable bonds is 3. The Kier molecular flexibility index (Phi) is 9.07. The van der Waals surface area contributed by atoms with Crippen LogP contribution >= 0.6 is 11.3 Å². The molecule has 41 heavy (non-hydrogen) atoms. The molecule has 0 amide bonds. The molecule has 216 valence electrons. The SMILES string of the molecule is CC(C)c1c(F)ccc2cnn(C)c12.CC(C)c1ccc(F)c2sc(N)nc12.Cc1ccc2cn[nH]c2c1C(C)C. The molecule has 0 radical (unpaired) electrons. The van der Waals surface area contributed by atoms with Crippen LogP contribution in [0, 0.1) is 18.6 Å².